The average molecular weight is 596 g/mol. The molecule has 10 heteroatoms. The fourth-order valence-electron chi connectivity index (χ4n) is 3.14. The maximum absolute atomic E-state index is 14.1. The van der Waals surface area contributed by atoms with Crippen molar-refractivity contribution < 1.29 is 31.5 Å². The number of carbonyl (C=O) groups excluding carboxylic acids is 2. The van der Waals surface area contributed by atoms with Gasteiger partial charge in [0.05, 0.1) is 0 Å². The Labute approximate surface area is 246 Å². The van der Waals surface area contributed by atoms with Gasteiger partial charge in [-0.2, -0.15) is 13.2 Å². The van der Waals surface area contributed by atoms with Crippen molar-refractivity contribution in [2.75, 3.05) is 14.1 Å². The van der Waals surface area contributed by atoms with E-state index in [4.69, 9.17) is 9.59 Å². The lowest BCUT2D eigenvalue weighted by Gasteiger charge is -2.15. The molecule has 2 aromatic carbocycles. The van der Waals surface area contributed by atoms with Gasteiger partial charge in [-0.25, -0.2) is 8.78 Å². The van der Waals surface area contributed by atoms with Crippen molar-refractivity contribution >= 4 is 18.3 Å². The first kappa shape index (κ1) is 40.2. The van der Waals surface area contributed by atoms with Crippen molar-refractivity contribution in [3.8, 4) is 11.1 Å². The van der Waals surface area contributed by atoms with Crippen LogP contribution in [0.25, 0.3) is 16.7 Å². The van der Waals surface area contributed by atoms with Gasteiger partial charge < -0.3 is 15.8 Å². The smallest absolute Gasteiger partial charge is 0.372 e. The zero-order valence-corrected chi connectivity index (χ0v) is 25.4. The Kier molecular flexibility index (Phi) is 20.9. The molecule has 5 nitrogen and oxygen atoms in total. The standard InChI is InChI=1S/C23H18F5N.C4H10.C2H7N.C2H4O.CH3NO/c1-3-15(12-16-5-4-6-20(24)22(16)25)18-9-7-14(2)11-19(18)17-8-10-21(29-13-17)23(26,27)28;1-4(2)3;1-3-2;1-2-3;2-1-3/h3-11,13H,12H2,1-2H3;4H,1-3H3;3H,1-2H3;2H,1H3;1H,(H2,2,3)/b15-3+;;;;. The molecule has 0 unspecified atom stereocenters. The topological polar surface area (TPSA) is 85.1 Å². The van der Waals surface area contributed by atoms with E-state index in [1.165, 1.54) is 31.3 Å². The van der Waals surface area contributed by atoms with Crippen LogP contribution in [0.4, 0.5) is 22.0 Å². The number of halogens is 5. The van der Waals surface area contributed by atoms with Crippen LogP contribution in [-0.2, 0) is 22.2 Å². The van der Waals surface area contributed by atoms with E-state index < -0.39 is 23.5 Å². The van der Waals surface area contributed by atoms with Crippen molar-refractivity contribution in [3.63, 3.8) is 0 Å². The number of benzene rings is 2. The molecular formula is C32H42F5N3O2. The van der Waals surface area contributed by atoms with Gasteiger partial charge in [0, 0.05) is 18.2 Å². The number of carbonyl (C=O) groups is 2. The van der Waals surface area contributed by atoms with Crippen LogP contribution in [0.3, 0.4) is 0 Å². The van der Waals surface area contributed by atoms with E-state index in [2.05, 4.69) is 36.8 Å². The largest absolute Gasteiger partial charge is 0.433 e. The Hall–Kier alpha value is -3.92. The van der Waals surface area contributed by atoms with E-state index >= 15 is 0 Å². The number of rotatable bonds is 4. The summed E-state index contributed by atoms with van der Waals surface area (Å²) in [6, 6.07) is 11.8. The molecule has 0 aliphatic rings. The summed E-state index contributed by atoms with van der Waals surface area (Å²) < 4.78 is 66.2. The molecule has 0 aliphatic carbocycles. The zero-order chi connectivity index (χ0) is 32.9. The van der Waals surface area contributed by atoms with Crippen molar-refractivity contribution in [1.82, 2.24) is 10.3 Å². The van der Waals surface area contributed by atoms with Crippen molar-refractivity contribution in [2.45, 2.75) is 54.1 Å². The quantitative estimate of drug-likeness (QED) is 0.238. The summed E-state index contributed by atoms with van der Waals surface area (Å²) in [6.07, 6.45) is -0.408. The molecule has 0 atom stereocenters. The second-order valence-corrected chi connectivity index (χ2v) is 9.29. The SMILES string of the molecule is C/C=C(\Cc1cccc(F)c1F)c1ccc(C)cc1-c1ccc(C(F)(F)F)nc1.CC(C)C.CC=O.CNC.NC=O. The van der Waals surface area contributed by atoms with Crippen LogP contribution in [0.5, 0.6) is 0 Å². The van der Waals surface area contributed by atoms with Crippen molar-refractivity contribution in [1.29, 1.82) is 0 Å². The molecule has 0 spiro atoms. The first-order chi connectivity index (χ1) is 19.7. The number of pyridine rings is 1. The number of hydrogen-bond acceptors (Lipinski definition) is 4. The van der Waals surface area contributed by atoms with Crippen molar-refractivity contribution in [2.24, 2.45) is 11.7 Å². The lowest BCUT2D eigenvalue weighted by atomic mass is 9.90. The van der Waals surface area contributed by atoms with Gasteiger partial charge in [0.15, 0.2) is 11.6 Å². The Morgan fingerprint density at radius 1 is 1.00 bits per heavy atom. The molecule has 3 rings (SSSR count). The number of primary amides is 1. The molecule has 0 saturated carbocycles. The maximum Gasteiger partial charge on any atom is 0.433 e. The number of hydrogen-bond donors (Lipinski definition) is 2. The second-order valence-electron chi connectivity index (χ2n) is 9.29. The fourth-order valence-corrected chi connectivity index (χ4v) is 3.14. The number of amides is 1. The molecule has 0 bridgehead atoms. The molecule has 0 aliphatic heterocycles. The Balaban J connectivity index is 0. The first-order valence-electron chi connectivity index (χ1n) is 13.0. The molecule has 0 fully saturated rings. The number of allylic oxidation sites excluding steroid dienone is 2. The fraction of sp³-hybridized carbons (Fsp3) is 0.344. The van der Waals surface area contributed by atoms with Gasteiger partial charge >= 0.3 is 6.18 Å². The Morgan fingerprint density at radius 3 is 1.95 bits per heavy atom. The third-order valence-corrected chi connectivity index (χ3v) is 4.65. The summed E-state index contributed by atoms with van der Waals surface area (Å²) in [5.74, 6) is -0.995. The summed E-state index contributed by atoms with van der Waals surface area (Å²) in [5, 5.41) is 2.75. The van der Waals surface area contributed by atoms with Crippen LogP contribution in [0.1, 0.15) is 57.0 Å². The molecule has 3 N–H and O–H groups in total. The van der Waals surface area contributed by atoms with Crippen LogP contribution in [0.15, 0.2) is 60.8 Å². The molecule has 1 heterocycles. The second kappa shape index (κ2) is 21.8. The number of nitrogens with zero attached hydrogens (tertiary/aromatic N) is 1. The van der Waals surface area contributed by atoms with E-state index in [0.29, 0.717) is 11.1 Å². The number of aryl methyl sites for hydroxylation is 1. The number of nitrogens with one attached hydrogen (secondary N) is 1. The minimum atomic E-state index is -4.52. The van der Waals surface area contributed by atoms with Gasteiger partial charge in [0.2, 0.25) is 6.41 Å². The minimum absolute atomic E-state index is 0.143. The van der Waals surface area contributed by atoms with Crippen LogP contribution < -0.4 is 11.1 Å². The van der Waals surface area contributed by atoms with Crippen LogP contribution in [0.2, 0.25) is 0 Å². The zero-order valence-electron chi connectivity index (χ0n) is 25.4. The monoisotopic (exact) mass is 595 g/mol. The molecule has 0 saturated heterocycles. The minimum Gasteiger partial charge on any atom is -0.372 e. The molecule has 0 radical (unpaired) electrons. The van der Waals surface area contributed by atoms with Crippen molar-refractivity contribution in [3.05, 3.63) is 94.8 Å². The highest BCUT2D eigenvalue weighted by Crippen LogP contribution is 2.34. The molecule has 1 aromatic heterocycles. The normalized spacial score (nSPS) is 10.4. The Bertz CT molecular complexity index is 1220. The average Bonchev–Trinajstić information content (AvgIpc) is 2.90. The lowest BCUT2D eigenvalue weighted by Crippen LogP contribution is -2.07. The van der Waals surface area contributed by atoms with Gasteiger partial charge in [-0.05, 0) is 75.2 Å². The van der Waals surface area contributed by atoms with Gasteiger partial charge in [-0.15, -0.1) is 0 Å². The number of aldehydes is 1. The third-order valence-electron chi connectivity index (χ3n) is 4.65. The summed E-state index contributed by atoms with van der Waals surface area (Å²) in [5.41, 5.74) is 6.95. The summed E-state index contributed by atoms with van der Waals surface area (Å²) in [4.78, 5) is 20.9. The highest BCUT2D eigenvalue weighted by molar-refractivity contribution is 5.82. The first-order valence-corrected chi connectivity index (χ1v) is 13.0. The third kappa shape index (κ3) is 15.8. The van der Waals surface area contributed by atoms with E-state index in [0.717, 1.165) is 41.0 Å². The number of aromatic nitrogens is 1. The summed E-state index contributed by atoms with van der Waals surface area (Å²) in [7, 11) is 3.75. The lowest BCUT2D eigenvalue weighted by molar-refractivity contribution is -0.141. The van der Waals surface area contributed by atoms with E-state index in [1.807, 2.05) is 39.2 Å². The van der Waals surface area contributed by atoms with Crippen LogP contribution in [-0.4, -0.2) is 31.8 Å². The Morgan fingerprint density at radius 2 is 1.52 bits per heavy atom. The predicted molar refractivity (Wildman–Crippen MR) is 161 cm³/mol. The predicted octanol–water partition coefficient (Wildman–Crippen LogP) is 7.80. The van der Waals surface area contributed by atoms with E-state index in [1.54, 1.807) is 13.0 Å². The molecule has 3 aromatic rings. The van der Waals surface area contributed by atoms with Gasteiger partial charge in [0.25, 0.3) is 0 Å². The molecule has 1 amide bonds. The van der Waals surface area contributed by atoms with E-state index in [9.17, 15) is 22.0 Å². The van der Waals surface area contributed by atoms with Crippen LogP contribution >= 0.6 is 0 Å². The molecular weight excluding hydrogens is 553 g/mol. The number of alkyl halides is 3. The molecule has 42 heavy (non-hydrogen) atoms. The molecule has 232 valence electrons. The van der Waals surface area contributed by atoms with E-state index in [-0.39, 0.29) is 18.4 Å². The highest BCUT2D eigenvalue weighted by atomic mass is 19.4. The van der Waals surface area contributed by atoms with Gasteiger partial charge in [-0.3, -0.25) is 9.78 Å². The van der Waals surface area contributed by atoms with Gasteiger partial charge in [0.1, 0.15) is 12.0 Å². The summed E-state index contributed by atoms with van der Waals surface area (Å²) >= 11 is 0. The van der Waals surface area contributed by atoms with Gasteiger partial charge in [-0.1, -0.05) is 68.8 Å². The highest BCUT2D eigenvalue weighted by Gasteiger charge is 2.32. The number of nitrogens with two attached hydrogens (primary N) is 1. The maximum atomic E-state index is 14.1. The van der Waals surface area contributed by atoms with Crippen LogP contribution in [0, 0.1) is 24.5 Å². The summed E-state index contributed by atoms with van der Waals surface area (Å²) in [6.45, 7) is 11.6.